The van der Waals surface area contributed by atoms with Gasteiger partial charge >= 0.3 is 0 Å². The smallest absolute Gasteiger partial charge is 0.0713 e. The molecule has 0 saturated carbocycles. The zero-order valence-corrected chi connectivity index (χ0v) is 44.1. The SMILES string of the molecule is Cc1ccc(C2(c3ccc(C)cc3)c3ccccc3-c3c(CC4(C)c5cc(-c6ccc7c(c6)C=CI=C7)ccc5-c5c4c4ccccc4c4ccccc54)cc(-c4ccc5cc(I)ccc5c4)cc32)cc1. The number of halogens is 2. The molecule has 0 aromatic heterocycles. The maximum atomic E-state index is 2.58. The number of fused-ring (bicyclic) bond motifs is 13. The van der Waals surface area contributed by atoms with Gasteiger partial charge in [0, 0.05) is 8.99 Å². The molecule has 71 heavy (non-hydrogen) atoms. The molecule has 11 aromatic carbocycles. The quantitative estimate of drug-likeness (QED) is 0.115. The molecule has 1 heterocycles. The third kappa shape index (κ3) is 6.56. The van der Waals surface area contributed by atoms with E-state index in [-0.39, 0.29) is 20.7 Å². The van der Waals surface area contributed by atoms with Gasteiger partial charge in [-0.05, 0) is 220 Å². The lowest BCUT2D eigenvalue weighted by Crippen LogP contribution is -2.29. The van der Waals surface area contributed by atoms with E-state index >= 15 is 0 Å². The van der Waals surface area contributed by atoms with Crippen molar-refractivity contribution in [3.05, 3.63) is 275 Å². The van der Waals surface area contributed by atoms with E-state index in [9.17, 15) is 0 Å². The highest BCUT2D eigenvalue weighted by Gasteiger charge is 2.49. The van der Waals surface area contributed by atoms with Crippen LogP contribution in [0, 0.1) is 17.4 Å². The monoisotopic (exact) mass is 1130 g/mol. The summed E-state index contributed by atoms with van der Waals surface area (Å²) < 4.78 is 6.08. The van der Waals surface area contributed by atoms with Crippen molar-refractivity contribution in [2.45, 2.75) is 38.0 Å². The number of hydrogen-bond acceptors (Lipinski definition) is 0. The van der Waals surface area contributed by atoms with Gasteiger partial charge in [0.05, 0.1) is 5.41 Å². The maximum Gasteiger partial charge on any atom is 0.0713 e. The Bertz CT molecular complexity index is 4070. The van der Waals surface area contributed by atoms with Crippen molar-refractivity contribution in [2.24, 2.45) is 0 Å². The first-order chi connectivity index (χ1) is 34.8. The van der Waals surface area contributed by atoms with E-state index in [1.54, 1.807) is 0 Å². The van der Waals surface area contributed by atoms with Gasteiger partial charge in [0.2, 0.25) is 0 Å². The summed E-state index contributed by atoms with van der Waals surface area (Å²) in [7, 11) is 0. The van der Waals surface area contributed by atoms with Crippen molar-refractivity contribution in [3.8, 4) is 44.5 Å². The van der Waals surface area contributed by atoms with E-state index in [0.29, 0.717) is 0 Å². The Balaban J connectivity index is 1.09. The van der Waals surface area contributed by atoms with Gasteiger partial charge < -0.3 is 0 Å². The first kappa shape index (κ1) is 43.1. The minimum Gasteiger partial charge on any atom is -0.0931 e. The standard InChI is InChI=1S/C69H48I2/c1-42-16-26-53(27-17-42)69(54-28-18-43(2)19-29-54)62-15-9-8-14-60(62)65-52(36-51(39-64(65)69)46-20-21-47-37-55(70)30-24-45(47)34-46)40-68(3)63-38-48(44-22-23-50-41-71-33-32-49(50)35-44)25-31-61(63)66-58-12-6-4-10-56(58)57-11-5-7-13-59(57)67(66)68/h4-39,41H,40H2,1-3H3. The predicted octanol–water partition coefficient (Wildman–Crippen LogP) is 18.7. The summed E-state index contributed by atoms with van der Waals surface area (Å²) in [6.45, 7) is 6.98. The minimum atomic E-state index is -0.562. The van der Waals surface area contributed by atoms with Gasteiger partial charge in [-0.2, -0.15) is 0 Å². The van der Waals surface area contributed by atoms with Crippen molar-refractivity contribution in [1.29, 1.82) is 0 Å². The number of benzene rings is 11. The second kappa shape index (κ2) is 16.4. The first-order valence-corrected chi connectivity index (χ1v) is 28.3. The molecule has 0 amide bonds. The molecule has 2 aliphatic carbocycles. The van der Waals surface area contributed by atoms with Gasteiger partial charge in [0.1, 0.15) is 0 Å². The molecule has 0 bridgehead atoms. The second-order valence-electron chi connectivity index (χ2n) is 20.3. The van der Waals surface area contributed by atoms with Crippen LogP contribution in [-0.4, -0.2) is 4.01 Å². The van der Waals surface area contributed by atoms with E-state index in [1.165, 1.54) is 142 Å². The summed E-state index contributed by atoms with van der Waals surface area (Å²) in [5.41, 5.74) is 24.1. The Kier molecular flexibility index (Phi) is 9.96. The van der Waals surface area contributed by atoms with Crippen LogP contribution in [0.15, 0.2) is 210 Å². The van der Waals surface area contributed by atoms with Crippen LogP contribution in [0.5, 0.6) is 0 Å². The summed E-state index contributed by atoms with van der Waals surface area (Å²) in [5.74, 6) is 0. The highest BCUT2D eigenvalue weighted by molar-refractivity contribution is 14.2. The van der Waals surface area contributed by atoms with Crippen molar-refractivity contribution in [3.63, 3.8) is 0 Å². The molecule has 0 N–H and O–H groups in total. The van der Waals surface area contributed by atoms with Crippen molar-refractivity contribution >= 4 is 85.7 Å². The van der Waals surface area contributed by atoms with Gasteiger partial charge in [-0.3, -0.25) is 0 Å². The van der Waals surface area contributed by atoms with Crippen LogP contribution in [0.3, 0.4) is 0 Å². The lowest BCUT2D eigenvalue weighted by Gasteiger charge is -2.35. The summed E-state index contributed by atoms with van der Waals surface area (Å²) in [4.78, 5) is 0. The number of rotatable bonds is 6. The van der Waals surface area contributed by atoms with Crippen molar-refractivity contribution in [2.75, 3.05) is 0 Å². The van der Waals surface area contributed by atoms with E-state index in [1.807, 2.05) is 0 Å². The van der Waals surface area contributed by atoms with Crippen LogP contribution >= 0.6 is 43.3 Å². The van der Waals surface area contributed by atoms with Gasteiger partial charge in [0.25, 0.3) is 0 Å². The molecular weight excluding hydrogens is 1080 g/mol. The largest absolute Gasteiger partial charge is 0.0931 e. The highest BCUT2D eigenvalue weighted by Crippen LogP contribution is 2.61. The molecule has 3 aliphatic rings. The summed E-state index contributed by atoms with van der Waals surface area (Å²) in [6.07, 6.45) is 3.14. The third-order valence-corrected chi connectivity index (χ3v) is 18.6. The Morgan fingerprint density at radius 2 is 1.04 bits per heavy atom. The van der Waals surface area contributed by atoms with Gasteiger partial charge in [-0.1, -0.05) is 209 Å². The van der Waals surface area contributed by atoms with Crippen LogP contribution in [0.1, 0.15) is 68.1 Å². The van der Waals surface area contributed by atoms with Gasteiger partial charge in [-0.15, -0.1) is 0 Å². The Morgan fingerprint density at radius 3 is 1.82 bits per heavy atom. The number of aryl methyl sites for hydroxylation is 2. The molecule has 14 rings (SSSR count). The first-order valence-electron chi connectivity index (χ1n) is 24.7. The zero-order valence-electron chi connectivity index (χ0n) is 39.8. The normalized spacial score (nSPS) is 15.8. The van der Waals surface area contributed by atoms with E-state index in [2.05, 4.69) is 264 Å². The zero-order chi connectivity index (χ0) is 47.6. The fourth-order valence-electron chi connectivity index (χ4n) is 12.9. The van der Waals surface area contributed by atoms with Crippen LogP contribution in [-0.2, 0) is 17.3 Å². The molecule has 0 spiro atoms. The molecule has 0 nitrogen and oxygen atoms in total. The molecule has 0 radical (unpaired) electrons. The number of hydrogen-bond donors (Lipinski definition) is 0. The molecule has 338 valence electrons. The molecule has 1 aliphatic heterocycles. The summed E-state index contributed by atoms with van der Waals surface area (Å²) in [6, 6.07) is 80.0. The topological polar surface area (TPSA) is 0 Å². The van der Waals surface area contributed by atoms with Crippen LogP contribution in [0.25, 0.3) is 82.9 Å². The Hall–Kier alpha value is -6.73. The van der Waals surface area contributed by atoms with Crippen LogP contribution < -0.4 is 0 Å². The maximum absolute atomic E-state index is 2.58. The van der Waals surface area contributed by atoms with Crippen LogP contribution in [0.2, 0.25) is 0 Å². The fraction of sp³-hybridized carbons (Fsp3) is 0.0870. The highest BCUT2D eigenvalue weighted by atomic mass is 127. The van der Waals surface area contributed by atoms with E-state index in [4.69, 9.17) is 0 Å². The van der Waals surface area contributed by atoms with Gasteiger partial charge in [-0.25, -0.2) is 0 Å². The average molecular weight is 1130 g/mol. The minimum absolute atomic E-state index is 0.0269. The molecule has 0 saturated heterocycles. The lowest BCUT2D eigenvalue weighted by atomic mass is 9.66. The summed E-state index contributed by atoms with van der Waals surface area (Å²) >= 11 is 2.41. The molecule has 0 fully saturated rings. The summed E-state index contributed by atoms with van der Waals surface area (Å²) in [5, 5.41) is 7.80. The van der Waals surface area contributed by atoms with E-state index in [0.717, 1.165) is 6.42 Å². The fourth-order valence-corrected chi connectivity index (χ4v) is 15.2. The van der Waals surface area contributed by atoms with Crippen molar-refractivity contribution < 1.29 is 0 Å². The van der Waals surface area contributed by atoms with Crippen molar-refractivity contribution in [1.82, 2.24) is 0 Å². The van der Waals surface area contributed by atoms with Crippen LogP contribution in [0.4, 0.5) is 0 Å². The average Bonchev–Trinajstić information content (AvgIpc) is 3.86. The molecular formula is C69H48I2. The predicted molar refractivity (Wildman–Crippen MR) is 320 cm³/mol. The molecule has 1 atom stereocenters. The van der Waals surface area contributed by atoms with Gasteiger partial charge in [0.15, 0.2) is 0 Å². The Labute approximate surface area is 439 Å². The second-order valence-corrected chi connectivity index (χ2v) is 23.6. The molecule has 2 heteroatoms. The molecule has 11 aromatic rings. The lowest BCUT2D eigenvalue weighted by molar-refractivity contribution is 0.588. The Morgan fingerprint density at radius 1 is 0.451 bits per heavy atom. The third-order valence-electron chi connectivity index (χ3n) is 16.2. The van der Waals surface area contributed by atoms with E-state index < -0.39 is 10.8 Å². The molecule has 1 unspecified atom stereocenters.